The van der Waals surface area contributed by atoms with Crippen LogP contribution in [0.4, 0.5) is 4.39 Å². The minimum Gasteiger partial charge on any atom is -0.478 e. The third-order valence-electron chi connectivity index (χ3n) is 5.69. The molecule has 3 nitrogen and oxygen atoms in total. The van der Waals surface area contributed by atoms with Crippen LogP contribution in [0.5, 0.6) is 0 Å². The smallest absolute Gasteiger partial charge is 0.335 e. The van der Waals surface area contributed by atoms with Gasteiger partial charge in [0.1, 0.15) is 0 Å². The predicted molar refractivity (Wildman–Crippen MR) is 115 cm³/mol. The van der Waals surface area contributed by atoms with Crippen LogP contribution in [-0.4, -0.2) is 42.3 Å². The van der Waals surface area contributed by atoms with E-state index in [2.05, 4.69) is 41.3 Å². The van der Waals surface area contributed by atoms with Crippen molar-refractivity contribution in [1.82, 2.24) is 4.90 Å². The maximum atomic E-state index is 12.3. The Bertz CT molecular complexity index is 951. The number of hydrogen-bond donors (Lipinski definition) is 1. The highest BCUT2D eigenvalue weighted by atomic mass is 19.1. The number of nitrogens with zero attached hydrogens (tertiary/aromatic N) is 1. The third kappa shape index (κ3) is 4.48. The molecule has 2 aromatic carbocycles. The van der Waals surface area contributed by atoms with Gasteiger partial charge in [0.05, 0.1) is 12.2 Å². The molecule has 0 atom stereocenters. The van der Waals surface area contributed by atoms with E-state index in [1.807, 2.05) is 12.1 Å². The molecule has 4 heteroatoms. The van der Waals surface area contributed by atoms with E-state index >= 15 is 0 Å². The second-order valence-electron chi connectivity index (χ2n) is 7.86. The fraction of sp³-hybridized carbons (Fsp3) is 0.320. The molecule has 1 N–H and O–H groups in total. The molecule has 0 saturated carbocycles. The Balaban J connectivity index is 1.51. The Labute approximate surface area is 171 Å². The summed E-state index contributed by atoms with van der Waals surface area (Å²) in [6.45, 7) is 2.47. The molecular weight excluding hydrogens is 365 g/mol. The Kier molecular flexibility index (Phi) is 5.91. The molecule has 2 aliphatic rings. The van der Waals surface area contributed by atoms with Gasteiger partial charge in [0.2, 0.25) is 0 Å². The van der Waals surface area contributed by atoms with E-state index in [-0.39, 0.29) is 6.67 Å². The van der Waals surface area contributed by atoms with Gasteiger partial charge >= 0.3 is 5.97 Å². The molecule has 1 fully saturated rings. The average Bonchev–Trinajstić information content (AvgIpc) is 2.92. The fourth-order valence-corrected chi connectivity index (χ4v) is 4.17. The lowest BCUT2D eigenvalue weighted by atomic mass is 9.92. The monoisotopic (exact) mass is 391 g/mol. The number of benzene rings is 2. The molecule has 0 aromatic heterocycles. The highest BCUT2D eigenvalue weighted by Gasteiger charge is 2.19. The molecule has 2 aromatic rings. The van der Waals surface area contributed by atoms with Gasteiger partial charge in [0, 0.05) is 19.6 Å². The minimum atomic E-state index is -0.876. The van der Waals surface area contributed by atoms with E-state index in [1.165, 1.54) is 16.7 Å². The average molecular weight is 391 g/mol. The number of alkyl halides is 1. The van der Waals surface area contributed by atoms with Gasteiger partial charge < -0.3 is 5.11 Å². The molecule has 1 aliphatic carbocycles. The van der Waals surface area contributed by atoms with Gasteiger partial charge in [-0.2, -0.15) is 0 Å². The van der Waals surface area contributed by atoms with E-state index in [1.54, 1.807) is 6.07 Å². The Morgan fingerprint density at radius 3 is 2.66 bits per heavy atom. The summed E-state index contributed by atoms with van der Waals surface area (Å²) in [5.74, 6) is -0.876. The zero-order chi connectivity index (χ0) is 20.2. The van der Waals surface area contributed by atoms with Crippen LogP contribution in [0.1, 0.15) is 51.9 Å². The largest absolute Gasteiger partial charge is 0.478 e. The maximum Gasteiger partial charge on any atom is 0.335 e. The highest BCUT2D eigenvalue weighted by Crippen LogP contribution is 2.32. The predicted octanol–water partition coefficient (Wildman–Crippen LogP) is 5.21. The second kappa shape index (κ2) is 8.75. The molecule has 1 saturated heterocycles. The molecule has 0 bridgehead atoms. The second-order valence-corrected chi connectivity index (χ2v) is 7.86. The summed E-state index contributed by atoms with van der Waals surface area (Å²) in [7, 11) is 0. The van der Waals surface area contributed by atoms with Crippen LogP contribution in [0.2, 0.25) is 0 Å². The van der Waals surface area contributed by atoms with E-state index in [0.717, 1.165) is 55.6 Å². The minimum absolute atomic E-state index is 0.242. The molecule has 0 amide bonds. The van der Waals surface area contributed by atoms with Crippen molar-refractivity contribution in [2.45, 2.75) is 25.7 Å². The summed E-state index contributed by atoms with van der Waals surface area (Å²) in [5.41, 5.74) is 7.53. The Hall–Kier alpha value is -2.72. The first-order chi connectivity index (χ1) is 14.1. The van der Waals surface area contributed by atoms with Crippen LogP contribution in [0.25, 0.3) is 11.6 Å². The van der Waals surface area contributed by atoms with Crippen molar-refractivity contribution in [3.63, 3.8) is 0 Å². The number of likely N-dealkylation sites (tertiary alicyclic amines) is 1. The number of halogens is 1. The number of rotatable bonds is 6. The van der Waals surface area contributed by atoms with Gasteiger partial charge in [-0.3, -0.25) is 9.29 Å². The summed E-state index contributed by atoms with van der Waals surface area (Å²) >= 11 is 0. The van der Waals surface area contributed by atoms with Crippen molar-refractivity contribution in [2.24, 2.45) is 0 Å². The van der Waals surface area contributed by atoms with Crippen molar-refractivity contribution < 1.29 is 14.3 Å². The number of allylic oxidation sites excluding steroid dienone is 1. The lowest BCUT2D eigenvalue weighted by Crippen LogP contribution is -2.40. The SMILES string of the molecule is O=C(O)c1ccc2c(c1)CCCC=C2c1ccc(C=C2CN(CCCF)C2)cc1. The van der Waals surface area contributed by atoms with Gasteiger partial charge in [0.25, 0.3) is 0 Å². The van der Waals surface area contributed by atoms with E-state index in [4.69, 9.17) is 0 Å². The van der Waals surface area contributed by atoms with Crippen LogP contribution < -0.4 is 0 Å². The lowest BCUT2D eigenvalue weighted by Gasteiger charge is -2.33. The van der Waals surface area contributed by atoms with Gasteiger partial charge in [-0.15, -0.1) is 0 Å². The van der Waals surface area contributed by atoms with Crippen LogP contribution in [-0.2, 0) is 6.42 Å². The normalized spacial score (nSPS) is 16.4. The van der Waals surface area contributed by atoms with E-state index in [0.29, 0.717) is 12.0 Å². The summed E-state index contributed by atoms with van der Waals surface area (Å²) in [6, 6.07) is 14.1. The Morgan fingerprint density at radius 1 is 1.14 bits per heavy atom. The lowest BCUT2D eigenvalue weighted by molar-refractivity contribution is 0.0696. The molecule has 0 spiro atoms. The molecule has 4 rings (SSSR count). The summed E-state index contributed by atoms with van der Waals surface area (Å²) in [5, 5.41) is 9.29. The third-order valence-corrected chi connectivity index (χ3v) is 5.69. The number of carboxylic acids is 1. The van der Waals surface area contributed by atoms with Crippen LogP contribution in [0.15, 0.2) is 54.1 Å². The molecule has 29 heavy (non-hydrogen) atoms. The highest BCUT2D eigenvalue weighted by molar-refractivity contribution is 5.90. The van der Waals surface area contributed by atoms with Crippen molar-refractivity contribution in [2.75, 3.05) is 26.3 Å². The van der Waals surface area contributed by atoms with Crippen LogP contribution >= 0.6 is 0 Å². The van der Waals surface area contributed by atoms with E-state index < -0.39 is 5.97 Å². The molecule has 0 radical (unpaired) electrons. The summed E-state index contributed by atoms with van der Waals surface area (Å²) in [6.07, 6.45) is 8.04. The van der Waals surface area contributed by atoms with Crippen LogP contribution in [0, 0.1) is 0 Å². The molecule has 1 heterocycles. The number of hydrogen-bond acceptors (Lipinski definition) is 2. The van der Waals surface area contributed by atoms with Gasteiger partial charge in [0.15, 0.2) is 0 Å². The molecule has 0 unspecified atom stereocenters. The first-order valence-electron chi connectivity index (χ1n) is 10.3. The van der Waals surface area contributed by atoms with Crippen molar-refractivity contribution >= 4 is 17.6 Å². The summed E-state index contributed by atoms with van der Waals surface area (Å²) < 4.78 is 12.3. The standard InChI is InChI=1S/C25H26FNO2/c26-12-3-13-27-16-19(17-27)14-18-6-8-20(9-7-18)23-5-2-1-4-21-15-22(25(28)29)10-11-24(21)23/h5-11,14-15H,1-4,12-13,16-17H2,(H,28,29). The Morgan fingerprint density at radius 2 is 1.93 bits per heavy atom. The number of fused-ring (bicyclic) bond motifs is 1. The van der Waals surface area contributed by atoms with Gasteiger partial charge in [-0.25, -0.2) is 4.79 Å². The zero-order valence-corrected chi connectivity index (χ0v) is 16.5. The van der Waals surface area contributed by atoms with Crippen molar-refractivity contribution in [3.8, 4) is 0 Å². The number of carboxylic acid groups (broad SMARTS) is 1. The molecule has 150 valence electrons. The first kappa shape index (κ1) is 19.6. The van der Waals surface area contributed by atoms with Crippen molar-refractivity contribution in [3.05, 3.63) is 81.9 Å². The molecular formula is C25H26FNO2. The summed E-state index contributed by atoms with van der Waals surface area (Å²) in [4.78, 5) is 13.6. The maximum absolute atomic E-state index is 12.3. The zero-order valence-electron chi connectivity index (χ0n) is 16.5. The number of aryl methyl sites for hydroxylation is 1. The first-order valence-corrected chi connectivity index (χ1v) is 10.3. The van der Waals surface area contributed by atoms with Gasteiger partial charge in [-0.1, -0.05) is 42.5 Å². The van der Waals surface area contributed by atoms with Crippen molar-refractivity contribution in [1.29, 1.82) is 0 Å². The van der Waals surface area contributed by atoms with Gasteiger partial charge in [-0.05, 0) is 71.2 Å². The quantitative estimate of drug-likeness (QED) is 0.735. The topological polar surface area (TPSA) is 40.5 Å². The van der Waals surface area contributed by atoms with Crippen LogP contribution in [0.3, 0.4) is 0 Å². The van der Waals surface area contributed by atoms with E-state index in [9.17, 15) is 14.3 Å². The fourth-order valence-electron chi connectivity index (χ4n) is 4.17. The number of aromatic carboxylic acids is 1. The number of carbonyl (C=O) groups is 1. The molecule has 1 aliphatic heterocycles.